The van der Waals surface area contributed by atoms with Gasteiger partial charge in [-0.15, -0.1) is 0 Å². The largest absolute Gasteiger partial charge is 0.370 e. The van der Waals surface area contributed by atoms with Gasteiger partial charge in [0.1, 0.15) is 5.44 Å². The van der Waals surface area contributed by atoms with Gasteiger partial charge in [-0.2, -0.15) is 0 Å². The fourth-order valence-corrected chi connectivity index (χ4v) is 2.02. The van der Waals surface area contributed by atoms with E-state index in [4.69, 9.17) is 4.74 Å². The smallest absolute Gasteiger partial charge is 0.114 e. The summed E-state index contributed by atoms with van der Waals surface area (Å²) in [6.07, 6.45) is 2.70. The van der Waals surface area contributed by atoms with Crippen molar-refractivity contribution in [2.75, 3.05) is 20.2 Å². The molecule has 1 rings (SSSR count). The van der Waals surface area contributed by atoms with Crippen LogP contribution < -0.4 is 0 Å². The Morgan fingerprint density at radius 3 is 2.50 bits per heavy atom. The fraction of sp³-hybridized carbons (Fsp3) is 1.00. The minimum absolute atomic E-state index is 0.318. The number of nitrogens with zero attached hydrogens (tertiary/aromatic N) is 1. The zero-order valence-corrected chi connectivity index (χ0v) is 7.49. The minimum atomic E-state index is 0.318. The third-order valence-electron chi connectivity index (χ3n) is 1.69. The highest BCUT2D eigenvalue weighted by atomic mass is 32.2. The fourth-order valence-electron chi connectivity index (χ4n) is 1.05. The maximum Gasteiger partial charge on any atom is 0.114 e. The van der Waals surface area contributed by atoms with Crippen LogP contribution in [0.2, 0.25) is 0 Å². The number of methoxy groups -OCH3 is 1. The molecule has 0 aliphatic carbocycles. The van der Waals surface area contributed by atoms with Gasteiger partial charge in [0, 0.05) is 20.2 Å². The second-order valence-electron chi connectivity index (χ2n) is 2.54. The predicted molar refractivity (Wildman–Crippen MR) is 44.9 cm³/mol. The van der Waals surface area contributed by atoms with Crippen molar-refractivity contribution in [2.45, 2.75) is 25.2 Å². The summed E-state index contributed by atoms with van der Waals surface area (Å²) in [4.78, 5) is 0. The molecule has 3 heteroatoms. The summed E-state index contributed by atoms with van der Waals surface area (Å²) in [5.74, 6) is 0. The molecule has 0 aromatic rings. The predicted octanol–water partition coefficient (Wildman–Crippen LogP) is 1.72. The summed E-state index contributed by atoms with van der Waals surface area (Å²) in [7, 11) is 1.76. The molecular weight excluding hydrogens is 146 g/mol. The zero-order chi connectivity index (χ0) is 7.40. The first-order valence-electron chi connectivity index (χ1n) is 3.77. The van der Waals surface area contributed by atoms with E-state index in [0.717, 1.165) is 0 Å². The molecule has 0 amide bonds. The van der Waals surface area contributed by atoms with Crippen molar-refractivity contribution < 1.29 is 4.74 Å². The molecule has 1 aliphatic rings. The molecule has 1 saturated heterocycles. The summed E-state index contributed by atoms with van der Waals surface area (Å²) in [5, 5.41) is 0. The standard InChI is InChI=1S/C7H15NOS/c1-7(9-2)10-8-5-3-4-6-8/h7H,3-6H2,1-2H3. The van der Waals surface area contributed by atoms with E-state index in [2.05, 4.69) is 11.2 Å². The molecule has 60 valence electrons. The number of hydrogen-bond acceptors (Lipinski definition) is 3. The zero-order valence-electron chi connectivity index (χ0n) is 6.67. The summed E-state index contributed by atoms with van der Waals surface area (Å²) >= 11 is 1.82. The lowest BCUT2D eigenvalue weighted by Crippen LogP contribution is -2.15. The lowest BCUT2D eigenvalue weighted by atomic mass is 10.4. The van der Waals surface area contributed by atoms with Crippen molar-refractivity contribution in [1.29, 1.82) is 0 Å². The van der Waals surface area contributed by atoms with Gasteiger partial charge < -0.3 is 4.74 Å². The van der Waals surface area contributed by atoms with Crippen LogP contribution in [-0.4, -0.2) is 29.9 Å². The third-order valence-corrected chi connectivity index (χ3v) is 2.85. The van der Waals surface area contributed by atoms with Gasteiger partial charge in [-0.3, -0.25) is 0 Å². The van der Waals surface area contributed by atoms with Crippen molar-refractivity contribution in [2.24, 2.45) is 0 Å². The molecule has 1 fully saturated rings. The minimum Gasteiger partial charge on any atom is -0.370 e. The Labute approximate surface area is 67.1 Å². The van der Waals surface area contributed by atoms with E-state index < -0.39 is 0 Å². The van der Waals surface area contributed by atoms with E-state index in [1.54, 1.807) is 7.11 Å². The van der Waals surface area contributed by atoms with Crippen molar-refractivity contribution in [3.63, 3.8) is 0 Å². The van der Waals surface area contributed by atoms with E-state index in [-0.39, 0.29) is 0 Å². The molecule has 0 aromatic heterocycles. The molecule has 0 N–H and O–H groups in total. The van der Waals surface area contributed by atoms with Gasteiger partial charge in [0.05, 0.1) is 0 Å². The van der Waals surface area contributed by atoms with E-state index in [1.165, 1.54) is 25.9 Å². The van der Waals surface area contributed by atoms with Crippen LogP contribution in [0.1, 0.15) is 19.8 Å². The maximum absolute atomic E-state index is 5.13. The molecular formula is C7H15NOS. The second kappa shape index (κ2) is 4.21. The Kier molecular flexibility index (Phi) is 3.52. The van der Waals surface area contributed by atoms with Crippen molar-refractivity contribution in [3.05, 3.63) is 0 Å². The molecule has 0 spiro atoms. The van der Waals surface area contributed by atoms with Crippen LogP contribution >= 0.6 is 11.9 Å². The third kappa shape index (κ3) is 2.48. The highest BCUT2D eigenvalue weighted by Gasteiger charge is 2.14. The maximum atomic E-state index is 5.13. The van der Waals surface area contributed by atoms with E-state index >= 15 is 0 Å². The van der Waals surface area contributed by atoms with Crippen molar-refractivity contribution >= 4 is 11.9 Å². The topological polar surface area (TPSA) is 12.5 Å². The molecule has 1 unspecified atom stereocenters. The average Bonchev–Trinajstić information content (AvgIpc) is 2.40. The summed E-state index contributed by atoms with van der Waals surface area (Å²) < 4.78 is 7.52. The van der Waals surface area contributed by atoms with Gasteiger partial charge in [0.15, 0.2) is 0 Å². The molecule has 0 aromatic carbocycles. The lowest BCUT2D eigenvalue weighted by molar-refractivity contribution is 0.184. The summed E-state index contributed by atoms with van der Waals surface area (Å²) in [5.41, 5.74) is 0.318. The molecule has 10 heavy (non-hydrogen) atoms. The lowest BCUT2D eigenvalue weighted by Gasteiger charge is -2.17. The normalized spacial score (nSPS) is 23.4. The summed E-state index contributed by atoms with van der Waals surface area (Å²) in [6, 6.07) is 0. The highest BCUT2D eigenvalue weighted by molar-refractivity contribution is 7.97. The average molecular weight is 161 g/mol. The van der Waals surface area contributed by atoms with E-state index in [1.807, 2.05) is 11.9 Å². The Bertz CT molecular complexity index is 93.6. The molecule has 1 heterocycles. The van der Waals surface area contributed by atoms with E-state index in [9.17, 15) is 0 Å². The van der Waals surface area contributed by atoms with Crippen molar-refractivity contribution in [3.8, 4) is 0 Å². The van der Waals surface area contributed by atoms with E-state index in [0.29, 0.717) is 5.44 Å². The van der Waals surface area contributed by atoms with Gasteiger partial charge in [-0.25, -0.2) is 4.31 Å². The van der Waals surface area contributed by atoms with Gasteiger partial charge in [0.25, 0.3) is 0 Å². The van der Waals surface area contributed by atoms with Crippen LogP contribution in [-0.2, 0) is 4.74 Å². The van der Waals surface area contributed by atoms with Crippen LogP contribution in [0.4, 0.5) is 0 Å². The van der Waals surface area contributed by atoms with Gasteiger partial charge in [0.2, 0.25) is 0 Å². The molecule has 0 saturated carbocycles. The van der Waals surface area contributed by atoms with Crippen LogP contribution in [0, 0.1) is 0 Å². The van der Waals surface area contributed by atoms with Crippen LogP contribution in [0.15, 0.2) is 0 Å². The Hall–Kier alpha value is 0.270. The quantitative estimate of drug-likeness (QED) is 0.462. The molecule has 1 aliphatic heterocycles. The molecule has 1 atom stereocenters. The molecule has 2 nitrogen and oxygen atoms in total. The molecule has 0 radical (unpaired) electrons. The Balaban J connectivity index is 2.11. The van der Waals surface area contributed by atoms with Crippen LogP contribution in [0.3, 0.4) is 0 Å². The first-order valence-corrected chi connectivity index (χ1v) is 4.61. The van der Waals surface area contributed by atoms with Gasteiger partial charge >= 0.3 is 0 Å². The Morgan fingerprint density at radius 2 is 2.00 bits per heavy atom. The molecule has 0 bridgehead atoms. The van der Waals surface area contributed by atoms with Gasteiger partial charge in [-0.05, 0) is 31.7 Å². The SMILES string of the molecule is COC(C)SN1CCCC1. The van der Waals surface area contributed by atoms with Crippen LogP contribution in [0.25, 0.3) is 0 Å². The first kappa shape index (κ1) is 8.37. The van der Waals surface area contributed by atoms with Crippen molar-refractivity contribution in [1.82, 2.24) is 4.31 Å². The second-order valence-corrected chi connectivity index (χ2v) is 3.94. The van der Waals surface area contributed by atoms with Crippen LogP contribution in [0.5, 0.6) is 0 Å². The monoisotopic (exact) mass is 161 g/mol. The number of rotatable bonds is 3. The Morgan fingerprint density at radius 1 is 1.40 bits per heavy atom. The van der Waals surface area contributed by atoms with Gasteiger partial charge in [-0.1, -0.05) is 0 Å². The first-order chi connectivity index (χ1) is 4.83. The summed E-state index contributed by atoms with van der Waals surface area (Å²) in [6.45, 7) is 4.56. The number of ether oxygens (including phenoxy) is 1. The highest BCUT2D eigenvalue weighted by Crippen LogP contribution is 2.22. The number of hydrogen-bond donors (Lipinski definition) is 0.